The minimum atomic E-state index is -1.24. The standard InChI is InChI=1S/C10H10N2O4/c1-10(2)11(15)7-4-3-6(9(13)14)5-8(7)12(10)16/h3-5H,1-2H3,(H,13,14). The number of carboxylic acid groups (broad SMARTS) is 1. The third-order valence-electron chi connectivity index (χ3n) is 2.65. The van der Waals surface area contributed by atoms with Gasteiger partial charge in [0.15, 0.2) is 0 Å². The first kappa shape index (κ1) is 10.4. The van der Waals surface area contributed by atoms with Crippen LogP contribution in [0, 0.1) is 10.4 Å². The Morgan fingerprint density at radius 2 is 1.81 bits per heavy atom. The maximum Gasteiger partial charge on any atom is 0.366 e. The lowest BCUT2D eigenvalue weighted by Gasteiger charge is -2.17. The number of fused-ring (bicyclic) bond motifs is 1. The van der Waals surface area contributed by atoms with Crippen LogP contribution in [0.5, 0.6) is 0 Å². The first-order chi connectivity index (χ1) is 7.35. The molecule has 0 unspecified atom stereocenters. The summed E-state index contributed by atoms with van der Waals surface area (Å²) in [4.78, 5) is 10.7. The number of nitrogens with zero attached hydrogens (tertiary/aromatic N) is 2. The van der Waals surface area contributed by atoms with E-state index in [1.807, 2.05) is 0 Å². The Bertz CT molecular complexity index is 604. The molecule has 1 aliphatic rings. The minimum absolute atomic E-state index is 0.00861. The van der Waals surface area contributed by atoms with E-state index >= 15 is 0 Å². The fraction of sp³-hybridized carbons (Fsp3) is 0.300. The van der Waals surface area contributed by atoms with Crippen molar-refractivity contribution in [3.8, 4) is 0 Å². The highest BCUT2D eigenvalue weighted by Crippen LogP contribution is 2.06. The van der Waals surface area contributed by atoms with Gasteiger partial charge in [-0.25, -0.2) is 4.79 Å². The summed E-state index contributed by atoms with van der Waals surface area (Å²) in [5.41, 5.74) is -1.25. The van der Waals surface area contributed by atoms with Gasteiger partial charge in [0.25, 0.3) is 10.7 Å². The SMILES string of the molecule is CC1(C)[N+]([O-])=c2ccc(C(=O)O)cc2=[N+]1[O-]. The summed E-state index contributed by atoms with van der Waals surface area (Å²) in [6.45, 7) is 2.96. The Labute approximate surface area is 90.5 Å². The van der Waals surface area contributed by atoms with E-state index in [1.54, 1.807) is 0 Å². The normalized spacial score (nSPS) is 17.4. The van der Waals surface area contributed by atoms with Crippen LogP contribution in [0.15, 0.2) is 18.2 Å². The number of hydrogen-bond donors (Lipinski definition) is 1. The summed E-state index contributed by atoms with van der Waals surface area (Å²) in [7, 11) is 0. The molecule has 1 N–H and O–H groups in total. The Kier molecular flexibility index (Phi) is 1.91. The van der Waals surface area contributed by atoms with Crippen LogP contribution in [-0.2, 0) is 0 Å². The van der Waals surface area contributed by atoms with E-state index in [-0.39, 0.29) is 16.3 Å². The van der Waals surface area contributed by atoms with Crippen molar-refractivity contribution in [1.82, 2.24) is 9.48 Å². The van der Waals surface area contributed by atoms with E-state index in [2.05, 4.69) is 0 Å². The van der Waals surface area contributed by atoms with Gasteiger partial charge in [0, 0.05) is 12.1 Å². The molecule has 0 amide bonds. The van der Waals surface area contributed by atoms with Crippen LogP contribution in [0.3, 0.4) is 0 Å². The van der Waals surface area contributed by atoms with Crippen molar-refractivity contribution in [2.75, 3.05) is 0 Å². The molecule has 0 bridgehead atoms. The Hall–Kier alpha value is -2.11. The van der Waals surface area contributed by atoms with Gasteiger partial charge in [0.2, 0.25) is 0 Å². The highest BCUT2D eigenvalue weighted by atomic mass is 16.5. The van der Waals surface area contributed by atoms with E-state index in [4.69, 9.17) is 5.11 Å². The number of hydroxylamine groups is 2. The summed E-state index contributed by atoms with van der Waals surface area (Å²) >= 11 is 0. The molecule has 2 rings (SSSR count). The predicted molar refractivity (Wildman–Crippen MR) is 55.9 cm³/mol. The van der Waals surface area contributed by atoms with Gasteiger partial charge in [-0.3, -0.25) is 0 Å². The highest BCUT2D eigenvalue weighted by molar-refractivity contribution is 5.87. The van der Waals surface area contributed by atoms with E-state index in [0.29, 0.717) is 9.48 Å². The Morgan fingerprint density at radius 1 is 1.25 bits per heavy atom. The second-order valence-electron chi connectivity index (χ2n) is 4.09. The van der Waals surface area contributed by atoms with Crippen LogP contribution in [-0.4, -0.2) is 16.7 Å². The second-order valence-corrected chi connectivity index (χ2v) is 4.09. The molecule has 16 heavy (non-hydrogen) atoms. The summed E-state index contributed by atoms with van der Waals surface area (Å²) in [5.74, 6) is -1.13. The van der Waals surface area contributed by atoms with Gasteiger partial charge in [-0.05, 0) is 6.07 Å². The summed E-state index contributed by atoms with van der Waals surface area (Å²) in [5, 5.41) is 32.6. The van der Waals surface area contributed by atoms with Gasteiger partial charge >= 0.3 is 11.6 Å². The van der Waals surface area contributed by atoms with Crippen molar-refractivity contribution in [1.29, 1.82) is 0 Å². The molecule has 6 nitrogen and oxygen atoms in total. The monoisotopic (exact) mass is 222 g/mol. The largest absolute Gasteiger partial charge is 0.618 e. The third kappa shape index (κ3) is 1.16. The van der Waals surface area contributed by atoms with E-state index in [0.717, 1.165) is 0 Å². The van der Waals surface area contributed by atoms with Gasteiger partial charge in [0.05, 0.1) is 19.4 Å². The van der Waals surface area contributed by atoms with Crippen molar-refractivity contribution in [2.45, 2.75) is 19.5 Å². The Balaban J connectivity index is 2.88. The molecule has 1 aromatic rings. The number of benzene rings is 1. The number of carboxylic acids is 1. The zero-order valence-electron chi connectivity index (χ0n) is 8.80. The molecule has 84 valence electrons. The van der Waals surface area contributed by atoms with Crippen molar-refractivity contribution in [2.24, 2.45) is 0 Å². The number of rotatable bonds is 1. The number of hydrogen-bond acceptors (Lipinski definition) is 3. The van der Waals surface area contributed by atoms with Crippen molar-refractivity contribution in [3.63, 3.8) is 0 Å². The molecule has 0 saturated carbocycles. The van der Waals surface area contributed by atoms with E-state index < -0.39 is 11.6 Å². The quantitative estimate of drug-likeness (QED) is 0.493. The first-order valence-electron chi connectivity index (χ1n) is 4.68. The summed E-state index contributed by atoms with van der Waals surface area (Å²) in [6.07, 6.45) is 0. The second kappa shape index (κ2) is 2.94. The first-order valence-corrected chi connectivity index (χ1v) is 4.68. The van der Waals surface area contributed by atoms with Gasteiger partial charge in [-0.2, -0.15) is 0 Å². The molecule has 0 radical (unpaired) electrons. The van der Waals surface area contributed by atoms with Crippen molar-refractivity contribution < 1.29 is 9.90 Å². The average molecular weight is 222 g/mol. The number of carbonyl (C=O) groups is 1. The minimum Gasteiger partial charge on any atom is -0.618 e. The van der Waals surface area contributed by atoms with Gasteiger partial charge < -0.3 is 15.5 Å². The average Bonchev–Trinajstić information content (AvgIpc) is 2.40. The van der Waals surface area contributed by atoms with Crippen LogP contribution in [0.4, 0.5) is 0 Å². The topological polar surface area (TPSA) is 89.4 Å². The zero-order valence-corrected chi connectivity index (χ0v) is 8.80. The molecular formula is C10H10N2O4. The van der Waals surface area contributed by atoms with Crippen LogP contribution in [0.25, 0.3) is 0 Å². The lowest BCUT2D eigenvalue weighted by Crippen LogP contribution is -2.46. The third-order valence-corrected chi connectivity index (χ3v) is 2.65. The van der Waals surface area contributed by atoms with Crippen molar-refractivity contribution >= 4 is 5.97 Å². The van der Waals surface area contributed by atoms with Crippen LogP contribution >= 0.6 is 0 Å². The molecule has 0 atom stereocenters. The molecule has 6 heteroatoms. The highest BCUT2D eigenvalue weighted by Gasteiger charge is 2.42. The van der Waals surface area contributed by atoms with E-state index in [9.17, 15) is 15.2 Å². The molecular weight excluding hydrogens is 212 g/mol. The van der Waals surface area contributed by atoms with Gasteiger partial charge in [-0.15, -0.1) is 9.48 Å². The number of aromatic carboxylic acids is 1. The maximum atomic E-state index is 11.8. The molecule has 1 aliphatic heterocycles. The van der Waals surface area contributed by atoms with Crippen LogP contribution in [0.1, 0.15) is 24.2 Å². The smallest absolute Gasteiger partial charge is 0.366 e. The molecule has 0 spiro atoms. The van der Waals surface area contributed by atoms with E-state index in [1.165, 1.54) is 32.0 Å². The van der Waals surface area contributed by atoms with Gasteiger partial charge in [-0.1, -0.05) is 0 Å². The maximum absolute atomic E-state index is 11.8. The lowest BCUT2D eigenvalue weighted by atomic mass is 10.2. The molecule has 0 aliphatic carbocycles. The molecule has 0 saturated heterocycles. The molecule has 1 aromatic carbocycles. The molecule has 1 heterocycles. The predicted octanol–water partition coefficient (Wildman–Crippen LogP) is -0.888. The zero-order chi connectivity index (χ0) is 12.1. The molecule has 0 fully saturated rings. The lowest BCUT2D eigenvalue weighted by molar-refractivity contribution is 0.0696. The molecule has 0 aromatic heterocycles. The summed E-state index contributed by atoms with van der Waals surface area (Å²) < 4.78 is 1.11. The summed E-state index contributed by atoms with van der Waals surface area (Å²) in [6, 6.07) is 3.87. The van der Waals surface area contributed by atoms with Gasteiger partial charge in [0.1, 0.15) is 0 Å². The van der Waals surface area contributed by atoms with Crippen LogP contribution < -0.4 is 20.2 Å². The fourth-order valence-electron chi connectivity index (χ4n) is 1.66. The van der Waals surface area contributed by atoms with Crippen molar-refractivity contribution in [3.05, 3.63) is 44.9 Å². The Morgan fingerprint density at radius 3 is 2.38 bits per heavy atom. The fourth-order valence-corrected chi connectivity index (χ4v) is 1.66. The van der Waals surface area contributed by atoms with Crippen LogP contribution in [0.2, 0.25) is 0 Å².